The Labute approximate surface area is 146 Å². The zero-order valence-electron chi connectivity index (χ0n) is 14.9. The minimum atomic E-state index is -1.14. The van der Waals surface area contributed by atoms with Crippen LogP contribution in [0, 0.1) is 11.6 Å². The molecular formula is C17H22BF2NO4. The number of phenolic OH excluding ortho intramolecular Hbond substituents is 1. The number of hydrogen-bond donors (Lipinski definition) is 2. The first-order valence-electron chi connectivity index (χ1n) is 7.91. The summed E-state index contributed by atoms with van der Waals surface area (Å²) in [6.45, 7) is 8.92. The van der Waals surface area contributed by atoms with Crippen LogP contribution in [0.5, 0.6) is 5.75 Å². The zero-order valence-corrected chi connectivity index (χ0v) is 14.9. The van der Waals surface area contributed by atoms with E-state index < -0.39 is 35.7 Å². The van der Waals surface area contributed by atoms with Crippen LogP contribution in [0.1, 0.15) is 40.2 Å². The summed E-state index contributed by atoms with van der Waals surface area (Å²) in [7, 11) is -0.802. The molecule has 1 fully saturated rings. The lowest BCUT2D eigenvalue weighted by Crippen LogP contribution is -2.41. The van der Waals surface area contributed by atoms with Gasteiger partial charge in [-0.25, -0.2) is 8.78 Å². The van der Waals surface area contributed by atoms with Crippen molar-refractivity contribution in [1.82, 2.24) is 5.32 Å². The topological polar surface area (TPSA) is 67.8 Å². The van der Waals surface area contributed by atoms with Crippen molar-refractivity contribution in [3.05, 3.63) is 34.8 Å². The Morgan fingerprint density at radius 1 is 1.20 bits per heavy atom. The average molecular weight is 353 g/mol. The second-order valence-corrected chi connectivity index (χ2v) is 7.04. The molecule has 0 saturated carbocycles. The number of rotatable bonds is 4. The van der Waals surface area contributed by atoms with Crippen molar-refractivity contribution in [1.29, 1.82) is 0 Å². The maximum absolute atomic E-state index is 13.5. The van der Waals surface area contributed by atoms with E-state index in [1.165, 1.54) is 13.0 Å². The molecule has 1 aromatic carbocycles. The first kappa shape index (κ1) is 19.4. The molecule has 0 spiro atoms. The predicted octanol–water partition coefficient (Wildman–Crippen LogP) is 2.82. The lowest BCUT2D eigenvalue weighted by atomic mass is 9.77. The molecule has 2 N–H and O–H groups in total. The minimum absolute atomic E-state index is 0.0639. The lowest BCUT2D eigenvalue weighted by molar-refractivity contribution is -0.118. The predicted molar refractivity (Wildman–Crippen MR) is 90.8 cm³/mol. The summed E-state index contributed by atoms with van der Waals surface area (Å²) in [4.78, 5) is 11.3. The van der Waals surface area contributed by atoms with Crippen molar-refractivity contribution in [2.75, 3.05) is 6.54 Å². The fraction of sp³-hybridized carbons (Fsp3) is 0.471. The number of carbonyl (C=O) groups is 1. The third kappa shape index (κ3) is 4.19. The van der Waals surface area contributed by atoms with E-state index in [0.717, 1.165) is 6.07 Å². The SMILES string of the molecule is CC(=O)NCC(=Cc1cc(F)c(F)cc1O)B1OC(C)(C)C(C)(C)O1. The average Bonchev–Trinajstić information content (AvgIpc) is 2.68. The first-order valence-corrected chi connectivity index (χ1v) is 7.91. The van der Waals surface area contributed by atoms with Crippen LogP contribution in [-0.4, -0.2) is 35.9 Å². The maximum atomic E-state index is 13.5. The summed E-state index contributed by atoms with van der Waals surface area (Å²) in [5, 5.41) is 12.5. The summed E-state index contributed by atoms with van der Waals surface area (Å²) in [5.74, 6) is -2.92. The highest BCUT2D eigenvalue weighted by molar-refractivity contribution is 6.56. The highest BCUT2D eigenvalue weighted by Crippen LogP contribution is 2.39. The monoisotopic (exact) mass is 353 g/mol. The van der Waals surface area contributed by atoms with Gasteiger partial charge in [-0.2, -0.15) is 0 Å². The van der Waals surface area contributed by atoms with Crippen LogP contribution < -0.4 is 5.32 Å². The Balaban J connectivity index is 2.40. The third-order valence-electron chi connectivity index (χ3n) is 4.51. The Kier molecular flexibility index (Phi) is 5.25. The Morgan fingerprint density at radius 3 is 2.24 bits per heavy atom. The van der Waals surface area contributed by atoms with Crippen LogP contribution in [-0.2, 0) is 14.1 Å². The number of halogens is 2. The van der Waals surface area contributed by atoms with Crippen LogP contribution in [0.2, 0.25) is 0 Å². The van der Waals surface area contributed by atoms with E-state index in [1.807, 2.05) is 27.7 Å². The number of phenols is 1. The van der Waals surface area contributed by atoms with E-state index in [0.29, 0.717) is 11.5 Å². The fourth-order valence-electron chi connectivity index (χ4n) is 2.29. The largest absolute Gasteiger partial charge is 0.507 e. The van der Waals surface area contributed by atoms with Gasteiger partial charge < -0.3 is 19.7 Å². The number of carbonyl (C=O) groups excluding carboxylic acids is 1. The normalized spacial score (nSPS) is 19.2. The summed E-state index contributed by atoms with van der Waals surface area (Å²) in [6, 6.07) is 1.57. The molecule has 0 aromatic heterocycles. The van der Waals surface area contributed by atoms with Gasteiger partial charge in [0.15, 0.2) is 11.6 Å². The van der Waals surface area contributed by atoms with E-state index >= 15 is 0 Å². The second kappa shape index (κ2) is 6.76. The van der Waals surface area contributed by atoms with E-state index in [4.69, 9.17) is 9.31 Å². The minimum Gasteiger partial charge on any atom is -0.507 e. The summed E-state index contributed by atoms with van der Waals surface area (Å²) < 4.78 is 38.6. The quantitative estimate of drug-likeness (QED) is 0.817. The fourth-order valence-corrected chi connectivity index (χ4v) is 2.29. The van der Waals surface area contributed by atoms with Crippen molar-refractivity contribution in [2.24, 2.45) is 0 Å². The zero-order chi connectivity index (χ0) is 19.0. The molecule has 1 aliphatic rings. The van der Waals surface area contributed by atoms with Crippen LogP contribution in [0.15, 0.2) is 17.6 Å². The molecule has 0 aliphatic carbocycles. The van der Waals surface area contributed by atoms with Crippen molar-refractivity contribution in [3.8, 4) is 5.75 Å². The second-order valence-electron chi connectivity index (χ2n) is 7.04. The number of nitrogens with one attached hydrogen (secondary N) is 1. The molecule has 0 unspecified atom stereocenters. The van der Waals surface area contributed by atoms with Gasteiger partial charge in [-0.3, -0.25) is 4.79 Å². The van der Waals surface area contributed by atoms with Crippen molar-refractivity contribution in [3.63, 3.8) is 0 Å². The number of aromatic hydroxyl groups is 1. The Bertz CT molecular complexity index is 703. The molecule has 1 aliphatic heterocycles. The third-order valence-corrected chi connectivity index (χ3v) is 4.51. The van der Waals surface area contributed by atoms with Crippen molar-refractivity contribution >= 4 is 19.1 Å². The molecule has 1 heterocycles. The van der Waals surface area contributed by atoms with Gasteiger partial charge >= 0.3 is 7.12 Å². The van der Waals surface area contributed by atoms with Crippen LogP contribution in [0.25, 0.3) is 6.08 Å². The molecule has 1 amide bonds. The van der Waals surface area contributed by atoms with Gasteiger partial charge in [0.25, 0.3) is 0 Å². The molecule has 0 bridgehead atoms. The van der Waals surface area contributed by atoms with Gasteiger partial charge in [-0.1, -0.05) is 6.08 Å². The van der Waals surface area contributed by atoms with E-state index in [9.17, 15) is 18.7 Å². The summed E-state index contributed by atoms with van der Waals surface area (Å²) >= 11 is 0. The molecule has 1 saturated heterocycles. The van der Waals surface area contributed by atoms with Crippen LogP contribution in [0.3, 0.4) is 0 Å². The van der Waals surface area contributed by atoms with Gasteiger partial charge in [0.1, 0.15) is 5.75 Å². The Morgan fingerprint density at radius 2 is 1.72 bits per heavy atom. The van der Waals surface area contributed by atoms with Crippen LogP contribution >= 0.6 is 0 Å². The van der Waals surface area contributed by atoms with E-state index in [2.05, 4.69) is 5.32 Å². The highest BCUT2D eigenvalue weighted by atomic mass is 19.2. The summed E-state index contributed by atoms with van der Waals surface area (Å²) in [5.41, 5.74) is -0.685. The van der Waals surface area contributed by atoms with Gasteiger partial charge in [-0.15, -0.1) is 0 Å². The van der Waals surface area contributed by atoms with Gasteiger partial charge in [0.2, 0.25) is 5.91 Å². The maximum Gasteiger partial charge on any atom is 0.492 e. The summed E-state index contributed by atoms with van der Waals surface area (Å²) in [6.07, 6.45) is 1.43. The molecule has 0 atom stereocenters. The van der Waals surface area contributed by atoms with Crippen molar-refractivity contribution in [2.45, 2.75) is 45.8 Å². The molecule has 2 rings (SSSR count). The molecule has 136 valence electrons. The molecule has 0 radical (unpaired) electrons. The molecule has 5 nitrogen and oxygen atoms in total. The van der Waals surface area contributed by atoms with Gasteiger partial charge in [0.05, 0.1) is 11.2 Å². The van der Waals surface area contributed by atoms with E-state index in [1.54, 1.807) is 0 Å². The highest BCUT2D eigenvalue weighted by Gasteiger charge is 2.52. The van der Waals surface area contributed by atoms with Gasteiger partial charge in [-0.05, 0) is 39.2 Å². The molecule has 25 heavy (non-hydrogen) atoms. The van der Waals surface area contributed by atoms with E-state index in [-0.39, 0.29) is 18.0 Å². The number of hydrogen-bond acceptors (Lipinski definition) is 4. The first-order chi connectivity index (χ1) is 11.4. The van der Waals surface area contributed by atoms with Crippen molar-refractivity contribution < 1.29 is 28.0 Å². The molecular weight excluding hydrogens is 331 g/mol. The standard InChI is InChI=1S/C17H22BF2NO4/c1-10(22)21-9-12(18-24-16(2,3)17(4,5)25-18)6-11-7-13(19)14(20)8-15(11)23/h6-8,23H,9H2,1-5H3,(H,21,22). The molecule has 1 aromatic rings. The molecule has 8 heteroatoms. The van der Waals surface area contributed by atoms with Gasteiger partial charge in [0, 0.05) is 25.1 Å². The number of amides is 1. The van der Waals surface area contributed by atoms with Crippen LogP contribution in [0.4, 0.5) is 8.78 Å². The smallest absolute Gasteiger partial charge is 0.492 e. The number of benzene rings is 1. The Hall–Kier alpha value is -1.93. The lowest BCUT2D eigenvalue weighted by Gasteiger charge is -2.32.